The van der Waals surface area contributed by atoms with Crippen LogP contribution in [-0.2, 0) is 15.0 Å². The minimum atomic E-state index is -1.04. The molecule has 1 fully saturated rings. The number of nitrogens with zero attached hydrogens (tertiary/aromatic N) is 1. The predicted molar refractivity (Wildman–Crippen MR) is 158 cm³/mol. The Balaban J connectivity index is 1.71. The van der Waals surface area contributed by atoms with E-state index in [1.807, 2.05) is 51.1 Å². The highest BCUT2D eigenvalue weighted by molar-refractivity contribution is 6.52. The van der Waals surface area contributed by atoms with Crippen LogP contribution in [0.5, 0.6) is 23.0 Å². The van der Waals surface area contributed by atoms with Crippen molar-refractivity contribution in [3.63, 3.8) is 0 Å². The zero-order valence-corrected chi connectivity index (χ0v) is 23.3. The molecular formula is C34H31NO6. The van der Waals surface area contributed by atoms with Crippen molar-refractivity contribution < 1.29 is 29.3 Å². The number of carbonyl (C=O) groups is 2. The fourth-order valence-corrected chi connectivity index (χ4v) is 5.03. The summed E-state index contributed by atoms with van der Waals surface area (Å²) in [5.41, 5.74) is 1.44. The lowest BCUT2D eigenvalue weighted by Gasteiger charge is -2.26. The molecule has 7 heteroatoms. The number of phenols is 1. The highest BCUT2D eigenvalue weighted by Crippen LogP contribution is 2.46. The maximum atomic E-state index is 13.6. The zero-order chi connectivity index (χ0) is 29.3. The van der Waals surface area contributed by atoms with Crippen LogP contribution in [0.4, 0.5) is 5.69 Å². The molecule has 0 bridgehead atoms. The summed E-state index contributed by atoms with van der Waals surface area (Å²) in [6.07, 6.45) is 0. The molecule has 0 aromatic heterocycles. The van der Waals surface area contributed by atoms with Gasteiger partial charge in [-0.15, -0.1) is 0 Å². The third-order valence-electron chi connectivity index (χ3n) is 7.02. The number of carbonyl (C=O) groups excluding carboxylic acids is 2. The van der Waals surface area contributed by atoms with E-state index >= 15 is 0 Å². The number of aromatic hydroxyl groups is 1. The number of aliphatic hydroxyl groups excluding tert-OH is 1. The summed E-state index contributed by atoms with van der Waals surface area (Å²) >= 11 is 0. The van der Waals surface area contributed by atoms with Gasteiger partial charge in [-0.25, -0.2) is 0 Å². The van der Waals surface area contributed by atoms with E-state index in [-0.39, 0.29) is 28.2 Å². The standard InChI is InChI=1S/C34H31NO6/c1-34(2,3)25-20-22(17-18-28(25)40-4)31(37)29-30(35(33(39)32(29)38)26-15-8-9-16-27(26)36)21-11-10-14-24(19-21)41-23-12-6-5-7-13-23/h5-20,30,36-37H,1-4H3/b31-29+. The molecule has 7 nitrogen and oxygen atoms in total. The van der Waals surface area contributed by atoms with E-state index < -0.39 is 17.7 Å². The fraction of sp³-hybridized carbons (Fsp3) is 0.176. The number of methoxy groups -OCH3 is 1. The van der Waals surface area contributed by atoms with E-state index in [9.17, 15) is 19.8 Å². The molecule has 1 aliphatic heterocycles. The normalized spacial score (nSPS) is 16.6. The molecule has 4 aromatic rings. The molecule has 1 unspecified atom stereocenters. The van der Waals surface area contributed by atoms with E-state index in [2.05, 4.69) is 0 Å². The van der Waals surface area contributed by atoms with Crippen LogP contribution >= 0.6 is 0 Å². The van der Waals surface area contributed by atoms with Crippen molar-refractivity contribution in [3.05, 3.63) is 119 Å². The van der Waals surface area contributed by atoms with Crippen LogP contribution in [0.1, 0.15) is 43.5 Å². The van der Waals surface area contributed by atoms with Gasteiger partial charge in [-0.05, 0) is 65.6 Å². The van der Waals surface area contributed by atoms with E-state index in [4.69, 9.17) is 9.47 Å². The minimum absolute atomic E-state index is 0.0971. The molecule has 1 atom stereocenters. The molecule has 0 saturated carbocycles. The van der Waals surface area contributed by atoms with E-state index in [0.717, 1.165) is 5.56 Å². The Morgan fingerprint density at radius 3 is 2.20 bits per heavy atom. The molecule has 0 radical (unpaired) electrons. The van der Waals surface area contributed by atoms with Gasteiger partial charge < -0.3 is 19.7 Å². The first-order chi connectivity index (χ1) is 19.6. The lowest BCUT2D eigenvalue weighted by Crippen LogP contribution is -2.29. The van der Waals surface area contributed by atoms with Crippen LogP contribution < -0.4 is 14.4 Å². The zero-order valence-electron chi connectivity index (χ0n) is 23.3. The summed E-state index contributed by atoms with van der Waals surface area (Å²) in [4.78, 5) is 28.4. The molecule has 0 aliphatic carbocycles. The molecule has 208 valence electrons. The molecule has 41 heavy (non-hydrogen) atoms. The van der Waals surface area contributed by atoms with E-state index in [1.54, 1.807) is 67.8 Å². The number of para-hydroxylation sites is 3. The van der Waals surface area contributed by atoms with Gasteiger partial charge in [-0.3, -0.25) is 14.5 Å². The maximum Gasteiger partial charge on any atom is 0.300 e. The number of hydrogen-bond acceptors (Lipinski definition) is 6. The molecular weight excluding hydrogens is 518 g/mol. The van der Waals surface area contributed by atoms with Crippen molar-refractivity contribution in [2.75, 3.05) is 12.0 Å². The van der Waals surface area contributed by atoms with Gasteiger partial charge in [0.25, 0.3) is 11.7 Å². The van der Waals surface area contributed by atoms with Crippen LogP contribution in [0, 0.1) is 0 Å². The Bertz CT molecular complexity index is 1650. The van der Waals surface area contributed by atoms with Gasteiger partial charge in [0, 0.05) is 11.1 Å². The number of Topliss-reactive ketones (excluding diaryl/α,β-unsaturated/α-hetero) is 1. The van der Waals surface area contributed by atoms with Crippen molar-refractivity contribution in [3.8, 4) is 23.0 Å². The number of amides is 1. The molecule has 5 rings (SSSR count). The number of aliphatic hydroxyl groups is 1. The SMILES string of the molecule is COc1ccc(/C(O)=C2\C(=O)C(=O)N(c3ccccc3O)C2c2cccc(Oc3ccccc3)c2)cc1C(C)(C)C. The summed E-state index contributed by atoms with van der Waals surface area (Å²) in [6, 6.07) is 26.6. The Kier molecular flexibility index (Phi) is 7.28. The van der Waals surface area contributed by atoms with Gasteiger partial charge >= 0.3 is 0 Å². The lowest BCUT2D eigenvalue weighted by atomic mass is 9.84. The molecule has 1 aliphatic rings. The number of anilines is 1. The summed E-state index contributed by atoms with van der Waals surface area (Å²) in [7, 11) is 1.58. The molecule has 1 heterocycles. The van der Waals surface area contributed by atoms with Crippen LogP contribution in [0.25, 0.3) is 5.76 Å². The monoisotopic (exact) mass is 549 g/mol. The second-order valence-corrected chi connectivity index (χ2v) is 10.8. The van der Waals surface area contributed by atoms with Crippen molar-refractivity contribution in [1.82, 2.24) is 0 Å². The summed E-state index contributed by atoms with van der Waals surface area (Å²) < 4.78 is 11.6. The molecule has 1 saturated heterocycles. The number of hydrogen-bond donors (Lipinski definition) is 2. The maximum absolute atomic E-state index is 13.6. The molecule has 2 N–H and O–H groups in total. The molecule has 4 aromatic carbocycles. The van der Waals surface area contributed by atoms with Crippen molar-refractivity contribution in [2.45, 2.75) is 32.2 Å². The Morgan fingerprint density at radius 2 is 1.51 bits per heavy atom. The lowest BCUT2D eigenvalue weighted by molar-refractivity contribution is -0.132. The highest BCUT2D eigenvalue weighted by Gasteiger charge is 2.48. The first kappa shape index (κ1) is 27.5. The fourth-order valence-electron chi connectivity index (χ4n) is 5.03. The first-order valence-corrected chi connectivity index (χ1v) is 13.2. The largest absolute Gasteiger partial charge is 0.507 e. The average Bonchev–Trinajstić information content (AvgIpc) is 3.22. The first-order valence-electron chi connectivity index (χ1n) is 13.2. The number of phenolic OH excluding ortho intramolecular Hbond substituents is 1. The van der Waals surface area contributed by atoms with Gasteiger partial charge in [0.15, 0.2) is 0 Å². The summed E-state index contributed by atoms with van der Waals surface area (Å²) in [5, 5.41) is 22.4. The van der Waals surface area contributed by atoms with Gasteiger partial charge in [0.05, 0.1) is 24.4 Å². The second-order valence-electron chi connectivity index (χ2n) is 10.8. The smallest absolute Gasteiger partial charge is 0.300 e. The van der Waals surface area contributed by atoms with Crippen molar-refractivity contribution in [2.24, 2.45) is 0 Å². The molecule has 0 spiro atoms. The van der Waals surface area contributed by atoms with Crippen LogP contribution in [0.3, 0.4) is 0 Å². The van der Waals surface area contributed by atoms with Crippen LogP contribution in [-0.4, -0.2) is 29.0 Å². The highest BCUT2D eigenvalue weighted by atomic mass is 16.5. The van der Waals surface area contributed by atoms with Crippen LogP contribution in [0.15, 0.2) is 103 Å². The van der Waals surface area contributed by atoms with Gasteiger partial charge in [-0.1, -0.05) is 63.2 Å². The van der Waals surface area contributed by atoms with Gasteiger partial charge in [0.2, 0.25) is 0 Å². The Labute approximate surface area is 238 Å². The van der Waals surface area contributed by atoms with E-state index in [0.29, 0.717) is 28.4 Å². The Morgan fingerprint density at radius 1 is 0.829 bits per heavy atom. The van der Waals surface area contributed by atoms with E-state index in [1.165, 1.54) is 11.0 Å². The number of ether oxygens (including phenoxy) is 2. The third-order valence-corrected chi connectivity index (χ3v) is 7.02. The Hall–Kier alpha value is -5.04. The summed E-state index contributed by atoms with van der Waals surface area (Å²) in [6.45, 7) is 6.05. The number of rotatable bonds is 6. The quantitative estimate of drug-likeness (QED) is 0.151. The number of ketones is 1. The number of benzene rings is 4. The topological polar surface area (TPSA) is 96.3 Å². The van der Waals surface area contributed by atoms with Crippen molar-refractivity contribution >= 4 is 23.1 Å². The summed E-state index contributed by atoms with van der Waals surface area (Å²) in [5.74, 6) is -0.478. The minimum Gasteiger partial charge on any atom is -0.507 e. The second kappa shape index (κ2) is 10.8. The van der Waals surface area contributed by atoms with Gasteiger partial charge in [0.1, 0.15) is 28.8 Å². The van der Waals surface area contributed by atoms with Crippen LogP contribution in [0.2, 0.25) is 0 Å². The predicted octanol–water partition coefficient (Wildman–Crippen LogP) is 7.12. The average molecular weight is 550 g/mol. The third kappa shape index (κ3) is 5.26. The van der Waals surface area contributed by atoms with Gasteiger partial charge in [-0.2, -0.15) is 0 Å². The molecule has 1 amide bonds. The van der Waals surface area contributed by atoms with Crippen molar-refractivity contribution in [1.29, 1.82) is 0 Å².